The van der Waals surface area contributed by atoms with Crippen LogP contribution in [-0.4, -0.2) is 11.3 Å². The van der Waals surface area contributed by atoms with Gasteiger partial charge in [0.1, 0.15) is 11.4 Å². The van der Waals surface area contributed by atoms with Crippen LogP contribution in [0.15, 0.2) is 41.4 Å². The molecule has 0 heterocycles. The van der Waals surface area contributed by atoms with Crippen molar-refractivity contribution in [3.8, 4) is 17.2 Å². The Morgan fingerprint density at radius 1 is 0.795 bits per heavy atom. The van der Waals surface area contributed by atoms with Gasteiger partial charge in [0.05, 0.1) is 0 Å². The van der Waals surface area contributed by atoms with E-state index in [0.717, 1.165) is 5.56 Å². The zero-order chi connectivity index (χ0) is 29.9. The molecule has 211 valence electrons. The van der Waals surface area contributed by atoms with Gasteiger partial charge in [-0.2, -0.15) is 8.78 Å². The summed E-state index contributed by atoms with van der Waals surface area (Å²) < 4.78 is 73.9. The van der Waals surface area contributed by atoms with Crippen LogP contribution in [0.1, 0.15) is 58.2 Å². The zero-order valence-corrected chi connectivity index (χ0v) is 25.7. The van der Waals surface area contributed by atoms with E-state index in [1.807, 2.05) is 47.6 Å². The van der Waals surface area contributed by atoms with Gasteiger partial charge >= 0.3 is 42.6 Å². The normalized spacial score (nSPS) is 11.8. The van der Waals surface area contributed by atoms with Crippen LogP contribution in [0.5, 0.6) is 17.2 Å². The number of hydrogen-bond donors (Lipinski definition) is 1. The Hall–Kier alpha value is -1.84. The molecule has 0 aliphatic heterocycles. The van der Waals surface area contributed by atoms with Crippen molar-refractivity contribution in [1.82, 2.24) is 0 Å². The molecule has 0 spiro atoms. The summed E-state index contributed by atoms with van der Waals surface area (Å²) in [5.74, 6) is -12.3. The van der Waals surface area contributed by atoms with E-state index in [9.17, 15) is 27.1 Å². The second-order valence-electron chi connectivity index (χ2n) is 10.4. The third-order valence-corrected chi connectivity index (χ3v) is 5.40. The summed E-state index contributed by atoms with van der Waals surface area (Å²) >= 11 is -1.92. The van der Waals surface area contributed by atoms with Crippen molar-refractivity contribution < 1.29 is 46.5 Å². The van der Waals surface area contributed by atoms with Crippen LogP contribution in [-0.2, 0) is 25.5 Å². The molecule has 39 heavy (non-hydrogen) atoms. The van der Waals surface area contributed by atoms with Crippen LogP contribution in [0.4, 0.5) is 27.6 Å². The molecule has 0 aromatic heterocycles. The summed E-state index contributed by atoms with van der Waals surface area (Å²) in [6, 6.07) is 9.44. The fourth-order valence-electron chi connectivity index (χ4n) is 3.33. The standard InChI is InChI=1S/C27H26F5NO2.3ClH.Ti/c1-26(2,3)15-11-14(24(34)16(12-15)27(4,5)6)13-33-17-9-7-8-10-18(17)35-25-22(31)20(29)19(28)21(30)23(25)32;;;;/h7-13,34H,1-6H3;3*1H;/q;;;;+3/p-3. The number of hydrogen-bond acceptors (Lipinski definition) is 3. The first-order valence-corrected chi connectivity index (χ1v) is 17.8. The van der Waals surface area contributed by atoms with Crippen LogP contribution in [0.2, 0.25) is 0 Å². The first-order valence-electron chi connectivity index (χ1n) is 11.4. The summed E-state index contributed by atoms with van der Waals surface area (Å²) in [4.78, 5) is 4.29. The first-order chi connectivity index (χ1) is 17.9. The summed E-state index contributed by atoms with van der Waals surface area (Å²) in [5.41, 5.74) is 1.50. The molecular weight excluding hydrogens is 620 g/mol. The van der Waals surface area contributed by atoms with Crippen molar-refractivity contribution in [2.45, 2.75) is 52.4 Å². The van der Waals surface area contributed by atoms with E-state index < -0.39 is 49.5 Å². The van der Waals surface area contributed by atoms with Crippen LogP contribution >= 0.6 is 27.9 Å². The monoisotopic (exact) mass is 644 g/mol. The van der Waals surface area contributed by atoms with Crippen LogP contribution in [0, 0.1) is 29.1 Å². The van der Waals surface area contributed by atoms with Gasteiger partial charge in [-0.1, -0.05) is 59.7 Å². The number of aromatic hydroxyl groups is 1. The van der Waals surface area contributed by atoms with E-state index in [1.165, 1.54) is 24.4 Å². The number of para-hydroxylation sites is 2. The molecule has 0 amide bonds. The molecule has 3 aromatic carbocycles. The van der Waals surface area contributed by atoms with Crippen molar-refractivity contribution in [2.24, 2.45) is 4.99 Å². The predicted octanol–water partition coefficient (Wildman–Crippen LogP) is 10.3. The van der Waals surface area contributed by atoms with Crippen molar-refractivity contribution in [1.29, 1.82) is 0 Å². The van der Waals surface area contributed by atoms with Crippen molar-refractivity contribution in [3.63, 3.8) is 0 Å². The van der Waals surface area contributed by atoms with Crippen molar-refractivity contribution in [3.05, 3.63) is 82.2 Å². The molecule has 1 N–H and O–H groups in total. The third-order valence-electron chi connectivity index (χ3n) is 5.40. The van der Waals surface area contributed by atoms with Crippen LogP contribution < -0.4 is 4.74 Å². The number of phenolic OH excluding ortho intramolecular Hbond substituents is 1. The number of halogens is 8. The Labute approximate surface area is 242 Å². The molecule has 12 heteroatoms. The topological polar surface area (TPSA) is 41.8 Å². The minimum atomic E-state index is -2.28. The number of benzene rings is 3. The van der Waals surface area contributed by atoms with E-state index in [1.54, 1.807) is 12.1 Å². The average molecular weight is 646 g/mol. The second-order valence-corrected chi connectivity index (χ2v) is 18.1. The SMILES string of the molecule is CC(C)(C)c1cc(C=Nc2ccccc2Oc2c(F)c(F)c(F)c(F)c2F)c(O)c(C(C)(C)C)c1.[Cl][Ti]([Cl])[Cl]. The molecule has 3 nitrogen and oxygen atoms in total. The van der Waals surface area contributed by atoms with Crippen molar-refractivity contribution >= 4 is 39.8 Å². The Morgan fingerprint density at radius 3 is 1.77 bits per heavy atom. The van der Waals surface area contributed by atoms with Crippen LogP contribution in [0.3, 0.4) is 0 Å². The Bertz CT molecular complexity index is 1340. The average Bonchev–Trinajstić information content (AvgIpc) is 2.82. The summed E-state index contributed by atoms with van der Waals surface area (Å²) in [6.07, 6.45) is 1.36. The molecule has 0 unspecified atom stereocenters. The molecule has 3 aromatic rings. The zero-order valence-electron chi connectivity index (χ0n) is 21.9. The first kappa shape index (κ1) is 33.4. The predicted molar refractivity (Wildman–Crippen MR) is 143 cm³/mol. The van der Waals surface area contributed by atoms with Gasteiger partial charge < -0.3 is 9.84 Å². The fraction of sp³-hybridized carbons (Fsp3) is 0.296. The van der Waals surface area contributed by atoms with Crippen molar-refractivity contribution in [2.75, 3.05) is 0 Å². The maximum atomic E-state index is 14.1. The quantitative estimate of drug-likeness (QED) is 0.101. The van der Waals surface area contributed by atoms with Gasteiger partial charge in [0.15, 0.2) is 5.75 Å². The molecule has 0 saturated heterocycles. The summed E-state index contributed by atoms with van der Waals surface area (Å²) in [5, 5.41) is 10.9. The molecule has 0 fully saturated rings. The molecule has 0 bridgehead atoms. The van der Waals surface area contributed by atoms with E-state index in [4.69, 9.17) is 32.7 Å². The molecule has 0 radical (unpaired) electrons. The number of aliphatic imine (C=N–C) groups is 1. The van der Waals surface area contributed by atoms with Gasteiger partial charge in [-0.25, -0.2) is 13.2 Å². The fourth-order valence-corrected chi connectivity index (χ4v) is 3.33. The molecule has 0 saturated carbocycles. The maximum absolute atomic E-state index is 14.1. The molecule has 0 atom stereocenters. The number of nitrogens with zero attached hydrogens (tertiary/aromatic N) is 1. The molecule has 0 aliphatic rings. The number of rotatable bonds is 4. The number of ether oxygens (including phenoxy) is 1. The molecule has 3 rings (SSSR count). The van der Waals surface area contributed by atoms with Crippen LogP contribution in [0.25, 0.3) is 0 Å². The van der Waals surface area contributed by atoms with Gasteiger partial charge in [0.2, 0.25) is 34.8 Å². The van der Waals surface area contributed by atoms with E-state index in [-0.39, 0.29) is 28.0 Å². The molecule has 0 aliphatic carbocycles. The van der Waals surface area contributed by atoms with Gasteiger partial charge in [-0.15, -0.1) is 0 Å². The Kier molecular flexibility index (Phi) is 11.3. The third kappa shape index (κ3) is 8.57. The van der Waals surface area contributed by atoms with E-state index in [0.29, 0.717) is 11.1 Å². The van der Waals surface area contributed by atoms with E-state index >= 15 is 0 Å². The second kappa shape index (κ2) is 13.2. The van der Waals surface area contributed by atoms with Gasteiger partial charge in [-0.05, 0) is 34.6 Å². The Balaban J connectivity index is 0.00000124. The van der Waals surface area contributed by atoms with Gasteiger partial charge in [0.25, 0.3) is 0 Å². The Morgan fingerprint density at radius 2 is 1.28 bits per heavy atom. The summed E-state index contributed by atoms with van der Waals surface area (Å²) in [7, 11) is 14.9. The van der Waals surface area contributed by atoms with E-state index in [2.05, 4.69) is 4.99 Å². The minimum absolute atomic E-state index is 0.0208. The summed E-state index contributed by atoms with van der Waals surface area (Å²) in [6.45, 7) is 12.0. The van der Waals surface area contributed by atoms with Gasteiger partial charge in [-0.3, -0.25) is 4.99 Å². The van der Waals surface area contributed by atoms with Gasteiger partial charge in [0, 0.05) is 17.3 Å². The molecular formula is C27H26Cl3F5NO2Ti. The number of phenols is 1.